The zero-order valence-corrected chi connectivity index (χ0v) is 8.39. The van der Waals surface area contributed by atoms with Crippen LogP contribution in [-0.2, 0) is 7.05 Å². The van der Waals surface area contributed by atoms with Crippen LogP contribution in [0, 0.1) is 0 Å². The number of hydrogen-bond acceptors (Lipinski definition) is 3. The molecular formula is C10H10N2O3. The molecule has 0 bridgehead atoms. The van der Waals surface area contributed by atoms with E-state index in [9.17, 15) is 4.79 Å². The Morgan fingerprint density at radius 1 is 1.53 bits per heavy atom. The monoisotopic (exact) mass is 206 g/mol. The van der Waals surface area contributed by atoms with Crippen LogP contribution in [0.3, 0.4) is 0 Å². The number of ether oxygens (including phenoxy) is 1. The first-order chi connectivity index (χ1) is 7.13. The molecule has 0 aliphatic rings. The number of methoxy groups -OCH3 is 1. The highest BCUT2D eigenvalue weighted by Gasteiger charge is 2.14. The van der Waals surface area contributed by atoms with Crippen molar-refractivity contribution < 1.29 is 14.6 Å². The van der Waals surface area contributed by atoms with E-state index in [4.69, 9.17) is 9.84 Å². The van der Waals surface area contributed by atoms with Gasteiger partial charge in [0.2, 0.25) is 0 Å². The van der Waals surface area contributed by atoms with Crippen molar-refractivity contribution in [2.45, 2.75) is 0 Å². The zero-order chi connectivity index (χ0) is 11.0. The summed E-state index contributed by atoms with van der Waals surface area (Å²) in [6, 6.07) is 3.13. The van der Waals surface area contributed by atoms with Crippen LogP contribution in [0.1, 0.15) is 10.4 Å². The Balaban J connectivity index is 2.82. The van der Waals surface area contributed by atoms with Crippen LogP contribution >= 0.6 is 0 Å². The second-order valence-electron chi connectivity index (χ2n) is 3.19. The second-order valence-corrected chi connectivity index (χ2v) is 3.19. The summed E-state index contributed by atoms with van der Waals surface area (Å²) in [5.41, 5.74) is 0.635. The molecule has 5 nitrogen and oxygen atoms in total. The molecule has 15 heavy (non-hydrogen) atoms. The Labute approximate surface area is 85.9 Å². The number of benzene rings is 1. The lowest BCUT2D eigenvalue weighted by molar-refractivity contribution is 0.0699. The highest BCUT2D eigenvalue weighted by atomic mass is 16.5. The predicted molar refractivity (Wildman–Crippen MR) is 54.2 cm³/mol. The van der Waals surface area contributed by atoms with E-state index in [0.717, 1.165) is 0 Å². The van der Waals surface area contributed by atoms with Crippen molar-refractivity contribution >= 4 is 16.9 Å². The van der Waals surface area contributed by atoms with E-state index in [1.54, 1.807) is 31.1 Å². The van der Waals surface area contributed by atoms with Crippen LogP contribution in [-0.4, -0.2) is 28.0 Å². The van der Waals surface area contributed by atoms with Crippen molar-refractivity contribution in [1.82, 2.24) is 9.78 Å². The smallest absolute Gasteiger partial charge is 0.337 e. The van der Waals surface area contributed by atoms with Gasteiger partial charge >= 0.3 is 5.97 Å². The highest BCUT2D eigenvalue weighted by Crippen LogP contribution is 2.27. The minimum atomic E-state index is -0.985. The van der Waals surface area contributed by atoms with E-state index in [1.807, 2.05) is 0 Å². The van der Waals surface area contributed by atoms with Gasteiger partial charge in [0.25, 0.3) is 0 Å². The van der Waals surface area contributed by atoms with Crippen molar-refractivity contribution in [1.29, 1.82) is 0 Å². The molecule has 1 aromatic heterocycles. The molecule has 0 aliphatic carbocycles. The first-order valence-corrected chi connectivity index (χ1v) is 4.37. The number of rotatable bonds is 2. The van der Waals surface area contributed by atoms with E-state index in [1.165, 1.54) is 6.07 Å². The van der Waals surface area contributed by atoms with Gasteiger partial charge in [-0.3, -0.25) is 4.68 Å². The van der Waals surface area contributed by atoms with E-state index in [-0.39, 0.29) is 5.56 Å². The third kappa shape index (κ3) is 1.41. The molecular weight excluding hydrogens is 196 g/mol. The number of aryl methyl sites for hydroxylation is 1. The molecule has 0 aliphatic heterocycles. The summed E-state index contributed by atoms with van der Waals surface area (Å²) >= 11 is 0. The number of hydrogen-bond donors (Lipinski definition) is 1. The average molecular weight is 206 g/mol. The molecule has 2 aromatic rings. The lowest BCUT2D eigenvalue weighted by Gasteiger charge is -2.01. The third-order valence-electron chi connectivity index (χ3n) is 2.20. The molecule has 0 radical (unpaired) electrons. The summed E-state index contributed by atoms with van der Waals surface area (Å²) in [7, 11) is 3.29. The fourth-order valence-electron chi connectivity index (χ4n) is 1.55. The fourth-order valence-corrected chi connectivity index (χ4v) is 1.55. The van der Waals surface area contributed by atoms with Crippen molar-refractivity contribution in [2.24, 2.45) is 7.05 Å². The third-order valence-corrected chi connectivity index (χ3v) is 2.20. The zero-order valence-electron chi connectivity index (χ0n) is 8.39. The van der Waals surface area contributed by atoms with Crippen LogP contribution < -0.4 is 4.74 Å². The number of carboxylic acids is 1. The van der Waals surface area contributed by atoms with Crippen LogP contribution in [0.25, 0.3) is 10.9 Å². The van der Waals surface area contributed by atoms with Crippen molar-refractivity contribution in [3.63, 3.8) is 0 Å². The molecule has 78 valence electrons. The van der Waals surface area contributed by atoms with Crippen LogP contribution in [0.5, 0.6) is 5.75 Å². The SMILES string of the molecule is COc1ccc(C(=O)O)c2nn(C)cc12. The summed E-state index contributed by atoms with van der Waals surface area (Å²) in [5, 5.41) is 13.8. The molecule has 1 N–H and O–H groups in total. The first-order valence-electron chi connectivity index (χ1n) is 4.37. The molecule has 0 amide bonds. The van der Waals surface area contributed by atoms with E-state index in [0.29, 0.717) is 16.7 Å². The standard InChI is InChI=1S/C10H10N2O3/c1-12-5-7-8(15-2)4-3-6(10(13)14)9(7)11-12/h3-5H,1-2H3,(H,13,14). The van der Waals surface area contributed by atoms with Gasteiger partial charge in [-0.05, 0) is 12.1 Å². The topological polar surface area (TPSA) is 64.3 Å². The molecule has 0 unspecified atom stereocenters. The van der Waals surface area contributed by atoms with Gasteiger partial charge in [-0.15, -0.1) is 0 Å². The van der Waals surface area contributed by atoms with Gasteiger partial charge in [-0.1, -0.05) is 0 Å². The normalized spacial score (nSPS) is 10.5. The minimum Gasteiger partial charge on any atom is -0.496 e. The maximum atomic E-state index is 10.9. The maximum Gasteiger partial charge on any atom is 0.337 e. The maximum absolute atomic E-state index is 10.9. The lowest BCUT2D eigenvalue weighted by atomic mass is 10.1. The largest absolute Gasteiger partial charge is 0.496 e. The highest BCUT2D eigenvalue weighted by molar-refractivity contribution is 6.03. The molecule has 0 saturated carbocycles. The Morgan fingerprint density at radius 3 is 2.87 bits per heavy atom. The first kappa shape index (κ1) is 9.51. The summed E-state index contributed by atoms with van der Waals surface area (Å²) < 4.78 is 6.70. The average Bonchev–Trinajstić information content (AvgIpc) is 2.56. The summed E-state index contributed by atoms with van der Waals surface area (Å²) in [6.07, 6.45) is 1.74. The molecule has 0 fully saturated rings. The van der Waals surface area contributed by atoms with Crippen molar-refractivity contribution in [3.05, 3.63) is 23.9 Å². The number of fused-ring (bicyclic) bond motifs is 1. The van der Waals surface area contributed by atoms with Gasteiger partial charge in [0.1, 0.15) is 11.3 Å². The fraction of sp³-hybridized carbons (Fsp3) is 0.200. The number of aromatic carboxylic acids is 1. The quantitative estimate of drug-likeness (QED) is 0.803. The molecule has 0 atom stereocenters. The molecule has 1 heterocycles. The number of nitrogens with zero attached hydrogens (tertiary/aromatic N) is 2. The van der Waals surface area contributed by atoms with Gasteiger partial charge in [0, 0.05) is 13.2 Å². The Morgan fingerprint density at radius 2 is 2.27 bits per heavy atom. The number of carbonyl (C=O) groups is 1. The van der Waals surface area contributed by atoms with E-state index >= 15 is 0 Å². The lowest BCUT2D eigenvalue weighted by Crippen LogP contribution is -1.98. The Hall–Kier alpha value is -2.04. The van der Waals surface area contributed by atoms with Gasteiger partial charge in [0.05, 0.1) is 18.1 Å². The predicted octanol–water partition coefficient (Wildman–Crippen LogP) is 1.28. The van der Waals surface area contributed by atoms with Crippen LogP contribution in [0.2, 0.25) is 0 Å². The summed E-state index contributed by atoms with van der Waals surface area (Å²) in [4.78, 5) is 10.9. The Bertz CT molecular complexity index is 531. The summed E-state index contributed by atoms with van der Waals surface area (Å²) in [5.74, 6) is -0.357. The number of carboxylic acid groups (broad SMARTS) is 1. The van der Waals surface area contributed by atoms with Crippen molar-refractivity contribution in [2.75, 3.05) is 7.11 Å². The van der Waals surface area contributed by atoms with Gasteiger partial charge in [-0.2, -0.15) is 5.10 Å². The van der Waals surface area contributed by atoms with Crippen LogP contribution in [0.15, 0.2) is 18.3 Å². The second kappa shape index (κ2) is 3.27. The molecule has 0 spiro atoms. The Kier molecular flexibility index (Phi) is 2.07. The van der Waals surface area contributed by atoms with Crippen molar-refractivity contribution in [3.8, 4) is 5.75 Å². The van der Waals surface area contributed by atoms with E-state index in [2.05, 4.69) is 5.10 Å². The van der Waals surface area contributed by atoms with Crippen LogP contribution in [0.4, 0.5) is 0 Å². The molecule has 0 saturated heterocycles. The summed E-state index contributed by atoms with van der Waals surface area (Å²) in [6.45, 7) is 0. The minimum absolute atomic E-state index is 0.186. The number of aromatic nitrogens is 2. The van der Waals surface area contributed by atoms with Gasteiger partial charge in [-0.25, -0.2) is 4.79 Å². The van der Waals surface area contributed by atoms with Gasteiger partial charge in [0.15, 0.2) is 0 Å². The molecule has 5 heteroatoms. The van der Waals surface area contributed by atoms with E-state index < -0.39 is 5.97 Å². The molecule has 2 rings (SSSR count). The van der Waals surface area contributed by atoms with Gasteiger partial charge < -0.3 is 9.84 Å². The molecule has 1 aromatic carbocycles.